The zero-order chi connectivity index (χ0) is 87.0. The summed E-state index contributed by atoms with van der Waals surface area (Å²) in [5.41, 5.74) is 13.9. The molecule has 0 unspecified atom stereocenters. The van der Waals surface area contributed by atoms with Crippen LogP contribution in [0.2, 0.25) is 15.2 Å². The second-order valence-electron chi connectivity index (χ2n) is 29.7. The van der Waals surface area contributed by atoms with Crippen molar-refractivity contribution in [2.24, 2.45) is 0 Å². The van der Waals surface area contributed by atoms with E-state index in [-0.39, 0.29) is 89.8 Å². The summed E-state index contributed by atoms with van der Waals surface area (Å²) >= 11 is 18.5. The van der Waals surface area contributed by atoms with Gasteiger partial charge in [-0.05, 0) is 184 Å². The molecule has 16 rings (SSSR count). The van der Waals surface area contributed by atoms with Crippen LogP contribution in [0.25, 0.3) is 22.3 Å². The molecule has 125 heavy (non-hydrogen) atoms. The van der Waals surface area contributed by atoms with Crippen molar-refractivity contribution in [1.82, 2.24) is 54.8 Å². The monoisotopic (exact) mass is 1790 g/mol. The maximum atomic E-state index is 14.1. The lowest BCUT2D eigenvalue weighted by molar-refractivity contribution is 0.0975. The van der Waals surface area contributed by atoms with E-state index in [1.165, 1.54) is 89.4 Å². The lowest BCUT2D eigenvalue weighted by Gasteiger charge is -2.31. The van der Waals surface area contributed by atoms with Gasteiger partial charge in [0.15, 0.2) is 45.7 Å². The van der Waals surface area contributed by atoms with Gasteiger partial charge in [-0.2, -0.15) is 0 Å². The molecule has 19 nitrogen and oxygen atoms in total. The van der Waals surface area contributed by atoms with Crippen LogP contribution >= 0.6 is 59.6 Å². The first-order chi connectivity index (χ1) is 59.3. The van der Waals surface area contributed by atoms with Gasteiger partial charge in [-0.3, -0.25) is 49.1 Å². The van der Waals surface area contributed by atoms with Crippen molar-refractivity contribution in [3.8, 4) is 0 Å². The Labute approximate surface area is 745 Å². The van der Waals surface area contributed by atoms with Crippen molar-refractivity contribution >= 4 is 128 Å². The predicted octanol–water partition coefficient (Wildman–Crippen LogP) is 20.6. The highest BCUT2D eigenvalue weighted by molar-refractivity contribution is 6.34. The van der Waals surface area contributed by atoms with E-state index in [9.17, 15) is 49.9 Å². The van der Waals surface area contributed by atoms with Crippen molar-refractivity contribution in [3.05, 3.63) is 359 Å². The van der Waals surface area contributed by atoms with E-state index in [1.807, 2.05) is 67.4 Å². The first-order valence-electron chi connectivity index (χ1n) is 39.4. The molecule has 0 fully saturated rings. The van der Waals surface area contributed by atoms with Gasteiger partial charge in [-0.15, -0.1) is 24.8 Å². The summed E-state index contributed by atoms with van der Waals surface area (Å²) < 4.78 is 97.5. The van der Waals surface area contributed by atoms with E-state index in [0.717, 1.165) is 132 Å². The largest absolute Gasteiger partial charge is 0.352 e. The summed E-state index contributed by atoms with van der Waals surface area (Å²) in [5.74, 6) is -4.46. The Morgan fingerprint density at radius 3 is 1.21 bits per heavy atom. The number of Topliss-reactive ketones (excluding diaryl/α,β-unsaturated/α-hetero) is 4. The summed E-state index contributed by atoms with van der Waals surface area (Å²) in [5, 5.41) is 1.10. The van der Waals surface area contributed by atoms with E-state index in [4.69, 9.17) is 34.8 Å². The number of nitrogens with zero attached hydrogens (tertiary/aromatic N) is 15. The SMILES string of the molecule is CC1=C(c2ccc(CC(=O)c3c(F)cccc3Cl)cc2)CN(c2ccccn2)CC1.CC1=C(c2cnc(CC(=O)c3c(F)cccc3F)cn2)CN(c2ncccc2Cl)CC1.CC1=C(c2cnc(CC(=O)c3c(F)cccc3F)cn2)CN(c2ncccc2F)CC1.CC1=C(c2cnc(CC(=O)c3ccc(C)cc3F)cn2)CN(c2nccnc2Cl)CC1.Cl.Cl. The zero-order valence-electron chi connectivity index (χ0n) is 68.4. The first-order valence-corrected chi connectivity index (χ1v) is 40.5. The Kier molecular flexibility index (Phi) is 32.4. The fraction of sp³-hybridized carbons (Fsp3) is 0.223. The maximum Gasteiger partial charge on any atom is 0.174 e. The van der Waals surface area contributed by atoms with Crippen LogP contribution in [0.3, 0.4) is 0 Å². The molecule has 0 saturated heterocycles. The van der Waals surface area contributed by atoms with Crippen molar-refractivity contribution in [3.63, 3.8) is 0 Å². The van der Waals surface area contributed by atoms with Crippen LogP contribution in [0.15, 0.2) is 230 Å². The number of benzene rings is 5. The molecule has 0 bridgehead atoms. The van der Waals surface area contributed by atoms with Crippen molar-refractivity contribution in [1.29, 1.82) is 0 Å². The van der Waals surface area contributed by atoms with Gasteiger partial charge in [-0.25, -0.2) is 55.7 Å². The Bertz CT molecular complexity index is 5820. The number of carbonyl (C=O) groups is 4. The van der Waals surface area contributed by atoms with Crippen LogP contribution in [0.1, 0.15) is 146 Å². The van der Waals surface area contributed by atoms with E-state index in [2.05, 4.69) is 83.4 Å². The molecule has 7 aromatic heterocycles. The predicted molar refractivity (Wildman–Crippen MR) is 477 cm³/mol. The summed E-state index contributed by atoms with van der Waals surface area (Å²) in [6, 6.07) is 35.9. The molecule has 12 aromatic rings. The molecule has 0 radical (unpaired) electrons. The van der Waals surface area contributed by atoms with Gasteiger partial charge in [0.2, 0.25) is 0 Å². The first kappa shape index (κ1) is 93.4. The van der Waals surface area contributed by atoms with Crippen molar-refractivity contribution in [2.45, 2.75) is 86.0 Å². The van der Waals surface area contributed by atoms with E-state index >= 15 is 0 Å². The van der Waals surface area contributed by atoms with Gasteiger partial charge >= 0.3 is 0 Å². The third-order valence-corrected chi connectivity index (χ3v) is 22.2. The van der Waals surface area contributed by atoms with Crippen molar-refractivity contribution < 1.29 is 49.9 Å². The topological polar surface area (TPSA) is 223 Å². The number of carbonyl (C=O) groups excluding carboxylic acids is 4. The minimum atomic E-state index is -0.903. The average Bonchev–Trinajstić information content (AvgIpc) is 0.815. The molecule has 0 aliphatic carbocycles. The molecule has 11 heterocycles. The van der Waals surface area contributed by atoms with E-state index in [1.54, 1.807) is 74.6 Å². The van der Waals surface area contributed by atoms with Crippen LogP contribution in [-0.2, 0) is 25.7 Å². The summed E-state index contributed by atoms with van der Waals surface area (Å²) in [6.45, 7) is 15.6. The molecule has 0 spiro atoms. The smallest absolute Gasteiger partial charge is 0.174 e. The molecule has 642 valence electrons. The highest BCUT2D eigenvalue weighted by Gasteiger charge is 2.29. The van der Waals surface area contributed by atoms with E-state index in [0.29, 0.717) is 70.6 Å². The van der Waals surface area contributed by atoms with Crippen LogP contribution < -0.4 is 19.6 Å². The quantitative estimate of drug-likeness (QED) is 0.0511. The van der Waals surface area contributed by atoms with Gasteiger partial charge in [0.05, 0.1) is 104 Å². The van der Waals surface area contributed by atoms with Gasteiger partial charge in [0.1, 0.15) is 46.5 Å². The number of hydrogen-bond acceptors (Lipinski definition) is 19. The summed E-state index contributed by atoms with van der Waals surface area (Å²) in [6.07, 6.45) is 20.5. The van der Waals surface area contributed by atoms with Crippen LogP contribution in [-0.4, -0.2) is 130 Å². The number of hydrogen-bond donors (Lipinski definition) is 0. The fourth-order valence-electron chi connectivity index (χ4n) is 14.5. The lowest BCUT2D eigenvalue weighted by atomic mass is 9.93. The number of anilines is 4. The van der Waals surface area contributed by atoms with Gasteiger partial charge in [0, 0.05) is 108 Å². The average molecular weight is 1800 g/mol. The summed E-state index contributed by atoms with van der Waals surface area (Å²) in [7, 11) is 0. The third-order valence-electron chi connectivity index (χ3n) is 21.4. The molecule has 0 N–H and O–H groups in total. The molecule has 0 atom stereocenters. The molecule has 0 amide bonds. The number of pyridine rings is 3. The maximum absolute atomic E-state index is 14.1. The highest BCUT2D eigenvalue weighted by atomic mass is 35.5. The van der Waals surface area contributed by atoms with Gasteiger partial charge in [0.25, 0.3) is 0 Å². The normalized spacial score (nSPS) is 13.9. The molecule has 31 heteroatoms. The number of rotatable bonds is 20. The van der Waals surface area contributed by atoms with Crippen molar-refractivity contribution in [2.75, 3.05) is 72.0 Å². The Morgan fingerprint density at radius 2 is 0.744 bits per heavy atom. The molecule has 4 aliphatic heterocycles. The van der Waals surface area contributed by atoms with Gasteiger partial charge < -0.3 is 19.6 Å². The number of aromatic nitrogens is 11. The fourth-order valence-corrected chi connectivity index (χ4v) is 15.2. The highest BCUT2D eigenvalue weighted by Crippen LogP contribution is 2.36. The minimum absolute atomic E-state index is 0. The third kappa shape index (κ3) is 23.4. The standard InChI is InChI=1S/C25H22ClFN2O.C23H19ClF2N4O.C23H21ClFN5O.C23H19F3N4O.2ClH/c1-17-12-14-29(24-7-2-3-13-28-24)16-20(17)19-10-8-18(9-11-19)15-23(30)25-21(26)5-4-6-22(25)27;1-14-7-9-30(23-17(24)4-3-8-27-23)13-16(14)20-12-28-15(11-29-20)10-21(31)22-18(25)5-2-6-19(22)26;1-14-3-4-17(19(25)9-14)21(31)10-16-11-29-20(12-28-16)18-13-30(8-5-15(18)2)23-22(24)26-6-7-27-23;1-14-7-9-30(23-19(26)6-3-8-27-23)13-16(14)20-12-28-15(11-29-20)10-21(31)22-17(24)4-2-5-18(22)25;;/h2-11,13H,12,14-16H2,1H3;2-6,8,11-12H,7,9-10,13H2,1H3;3-4,6-7,9,11-12H,5,8,10,13H2,1-2H3;2-6,8,11-12H,7,9-10,13H2,1H3;2*1H. The van der Waals surface area contributed by atoms with E-state index < -0.39 is 57.6 Å². The number of halogens is 12. The van der Waals surface area contributed by atoms with Crippen LogP contribution in [0, 0.1) is 47.6 Å². The Hall–Kier alpha value is -12.3. The number of ketones is 4. The minimum Gasteiger partial charge on any atom is -0.352 e. The second kappa shape index (κ2) is 43.3. The molecule has 5 aromatic carbocycles. The Morgan fingerprint density at radius 1 is 0.336 bits per heavy atom. The Balaban J connectivity index is 0.000000161. The zero-order valence-corrected chi connectivity index (χ0v) is 72.3. The van der Waals surface area contributed by atoms with Crippen LogP contribution in [0.4, 0.5) is 54.0 Å². The molecular weight excluding hydrogens is 1710 g/mol. The molecular formula is C94H83Cl5F7N15O4. The van der Waals surface area contributed by atoms with Gasteiger partial charge in [-0.1, -0.05) is 112 Å². The molecule has 0 saturated carbocycles. The van der Waals surface area contributed by atoms with Crippen LogP contribution in [0.5, 0.6) is 0 Å². The molecule has 4 aliphatic rings. The summed E-state index contributed by atoms with van der Waals surface area (Å²) in [4.78, 5) is 106. The second-order valence-corrected chi connectivity index (χ2v) is 30.9. The number of aryl methyl sites for hydroxylation is 1. The lowest BCUT2D eigenvalue weighted by Crippen LogP contribution is -2.32.